The van der Waals surface area contributed by atoms with E-state index in [0.717, 1.165) is 22.3 Å². The van der Waals surface area contributed by atoms with E-state index in [0.29, 0.717) is 18.6 Å². The fraction of sp³-hybridized carbons (Fsp3) is 0.308. The monoisotopic (exact) mass is 480 g/mol. The molecular weight excluding hydrogens is 452 g/mol. The number of carboxylic acid groups (broad SMARTS) is 1. The van der Waals surface area contributed by atoms with Crippen molar-refractivity contribution in [3.8, 4) is 5.75 Å². The number of sulfonamides is 1. The number of carbonyl (C=O) groups is 1. The highest BCUT2D eigenvalue weighted by atomic mass is 32.2. The molecule has 1 aliphatic rings. The third kappa shape index (κ3) is 5.46. The Hall–Kier alpha value is -3.23. The molecule has 0 bridgehead atoms. The number of aryl methyl sites for hydroxylation is 2. The van der Waals surface area contributed by atoms with E-state index >= 15 is 0 Å². The minimum atomic E-state index is -3.73. The number of aromatic nitrogens is 1. The van der Waals surface area contributed by atoms with Gasteiger partial charge in [-0.1, -0.05) is 36.4 Å². The molecule has 0 fully saturated rings. The van der Waals surface area contributed by atoms with Crippen LogP contribution in [0.25, 0.3) is 0 Å². The van der Waals surface area contributed by atoms with Crippen LogP contribution in [0.4, 0.5) is 0 Å². The van der Waals surface area contributed by atoms with Gasteiger partial charge in [0.2, 0.25) is 10.0 Å². The highest BCUT2D eigenvalue weighted by Gasteiger charge is 2.31. The van der Waals surface area contributed by atoms with Gasteiger partial charge in [0.1, 0.15) is 17.3 Å². The van der Waals surface area contributed by atoms with Crippen LogP contribution in [-0.2, 0) is 27.8 Å². The molecule has 178 valence electrons. The minimum absolute atomic E-state index is 0.00594. The average Bonchev–Trinajstić information content (AvgIpc) is 2.94. The van der Waals surface area contributed by atoms with E-state index in [1.165, 1.54) is 4.31 Å². The van der Waals surface area contributed by atoms with Crippen molar-refractivity contribution in [3.05, 3.63) is 89.2 Å². The highest BCUT2D eigenvalue weighted by molar-refractivity contribution is 7.89. The molecular formula is C26H28N2O5S. The quantitative estimate of drug-likeness (QED) is 0.520. The van der Waals surface area contributed by atoms with Gasteiger partial charge in [0.15, 0.2) is 0 Å². The molecule has 4 rings (SSSR count). The molecule has 3 aromatic rings. The number of rotatable bonds is 8. The lowest BCUT2D eigenvalue weighted by atomic mass is 9.88. The van der Waals surface area contributed by atoms with Gasteiger partial charge in [-0.05, 0) is 66.1 Å². The lowest BCUT2D eigenvalue weighted by Gasteiger charge is -2.22. The molecule has 1 unspecified atom stereocenters. The maximum absolute atomic E-state index is 13.3. The molecule has 0 spiro atoms. The van der Waals surface area contributed by atoms with Crippen LogP contribution in [0.15, 0.2) is 71.9 Å². The largest absolute Gasteiger partial charge is 0.491 e. The van der Waals surface area contributed by atoms with Crippen LogP contribution in [0.3, 0.4) is 0 Å². The zero-order chi connectivity index (χ0) is 24.1. The molecule has 1 aromatic heterocycles. The Morgan fingerprint density at radius 2 is 2.00 bits per heavy atom. The van der Waals surface area contributed by atoms with Gasteiger partial charge in [0.05, 0.1) is 6.42 Å². The Morgan fingerprint density at radius 3 is 2.76 bits per heavy atom. The first kappa shape index (κ1) is 23.9. The van der Waals surface area contributed by atoms with Gasteiger partial charge >= 0.3 is 5.97 Å². The van der Waals surface area contributed by atoms with E-state index < -0.39 is 16.0 Å². The topological polar surface area (TPSA) is 96.8 Å². The molecule has 7 nitrogen and oxygen atoms in total. The third-order valence-corrected chi connectivity index (χ3v) is 8.07. The molecule has 1 aliphatic heterocycles. The van der Waals surface area contributed by atoms with Gasteiger partial charge < -0.3 is 9.84 Å². The van der Waals surface area contributed by atoms with Crippen LogP contribution >= 0.6 is 0 Å². The van der Waals surface area contributed by atoms with E-state index in [1.54, 1.807) is 36.7 Å². The summed E-state index contributed by atoms with van der Waals surface area (Å²) in [7, 11) is -3.73. The normalized spacial score (nSPS) is 16.1. The summed E-state index contributed by atoms with van der Waals surface area (Å²) in [6.07, 6.45) is 4.88. The molecule has 0 saturated heterocycles. The van der Waals surface area contributed by atoms with E-state index in [2.05, 4.69) is 4.98 Å². The first-order valence-electron chi connectivity index (χ1n) is 11.3. The number of hydrogen-bond acceptors (Lipinski definition) is 5. The number of nitrogens with zero attached hydrogens (tertiary/aromatic N) is 2. The number of carboxylic acids is 1. The van der Waals surface area contributed by atoms with Gasteiger partial charge in [0.25, 0.3) is 0 Å². The van der Waals surface area contributed by atoms with E-state index in [4.69, 9.17) is 4.74 Å². The second-order valence-electron chi connectivity index (χ2n) is 8.51. The molecule has 0 saturated carbocycles. The molecule has 2 aromatic carbocycles. The number of benzene rings is 2. The van der Waals surface area contributed by atoms with Gasteiger partial charge in [-0.15, -0.1) is 0 Å². The Bertz CT molecular complexity index is 1260. The molecule has 0 aliphatic carbocycles. The Kier molecular flexibility index (Phi) is 7.29. The van der Waals surface area contributed by atoms with Crippen LogP contribution in [0.2, 0.25) is 0 Å². The maximum atomic E-state index is 13.3. The summed E-state index contributed by atoms with van der Waals surface area (Å²) >= 11 is 0. The second-order valence-corrected chi connectivity index (χ2v) is 10.4. The van der Waals surface area contributed by atoms with Crippen molar-refractivity contribution in [2.75, 3.05) is 13.2 Å². The third-order valence-electron chi connectivity index (χ3n) is 6.18. The smallest absolute Gasteiger partial charge is 0.303 e. The Morgan fingerprint density at radius 1 is 1.18 bits per heavy atom. The zero-order valence-corrected chi connectivity index (χ0v) is 19.9. The molecule has 34 heavy (non-hydrogen) atoms. The summed E-state index contributed by atoms with van der Waals surface area (Å²) in [6.45, 7) is 2.64. The second kappa shape index (κ2) is 10.4. The standard InChI is InChI=1S/C26H28N2O5S/c1-19-8-10-21(22(16-26(29)30)11-9-20-5-4-12-27-17-20)15-23(19)18-28-13-14-33-24-6-2-3-7-25(24)34(28,31)32/h2-8,10,12,15,17,22H,9,11,13-14,16,18H2,1H3,(H,29,30). The van der Waals surface area contributed by atoms with Crippen LogP contribution < -0.4 is 4.74 Å². The van der Waals surface area contributed by atoms with E-state index in [9.17, 15) is 18.3 Å². The Balaban J connectivity index is 1.59. The molecule has 1 N–H and O–H groups in total. The minimum Gasteiger partial charge on any atom is -0.491 e. The number of ether oxygens (including phenoxy) is 1. The van der Waals surface area contributed by atoms with Gasteiger partial charge in [0, 0.05) is 25.5 Å². The molecule has 0 radical (unpaired) electrons. The maximum Gasteiger partial charge on any atom is 0.303 e. The lowest BCUT2D eigenvalue weighted by Crippen LogP contribution is -2.32. The predicted octanol–water partition coefficient (Wildman–Crippen LogP) is 4.16. The molecule has 0 amide bonds. The first-order valence-corrected chi connectivity index (χ1v) is 12.7. The van der Waals surface area contributed by atoms with Gasteiger partial charge in [-0.25, -0.2) is 8.42 Å². The van der Waals surface area contributed by atoms with E-state index in [-0.39, 0.29) is 36.9 Å². The van der Waals surface area contributed by atoms with Crippen LogP contribution in [0.1, 0.15) is 41.0 Å². The summed E-state index contributed by atoms with van der Waals surface area (Å²) in [5.41, 5.74) is 3.77. The van der Waals surface area contributed by atoms with Crippen molar-refractivity contribution in [1.29, 1.82) is 0 Å². The number of pyridine rings is 1. The van der Waals surface area contributed by atoms with Crippen molar-refractivity contribution in [3.63, 3.8) is 0 Å². The fourth-order valence-electron chi connectivity index (χ4n) is 4.25. The van der Waals surface area contributed by atoms with Crippen molar-refractivity contribution in [1.82, 2.24) is 9.29 Å². The van der Waals surface area contributed by atoms with Crippen molar-refractivity contribution in [2.45, 2.75) is 43.5 Å². The highest BCUT2D eigenvalue weighted by Crippen LogP contribution is 2.32. The zero-order valence-electron chi connectivity index (χ0n) is 19.1. The lowest BCUT2D eigenvalue weighted by molar-refractivity contribution is -0.137. The van der Waals surface area contributed by atoms with Crippen LogP contribution in [0, 0.1) is 6.92 Å². The summed E-state index contributed by atoms with van der Waals surface area (Å²) in [5.74, 6) is -0.684. The predicted molar refractivity (Wildman–Crippen MR) is 128 cm³/mol. The van der Waals surface area contributed by atoms with Crippen LogP contribution in [-0.4, -0.2) is 41.9 Å². The molecule has 1 atom stereocenters. The first-order chi connectivity index (χ1) is 16.3. The molecule has 2 heterocycles. The van der Waals surface area contributed by atoms with E-state index in [1.807, 2.05) is 37.3 Å². The number of para-hydroxylation sites is 1. The summed E-state index contributed by atoms with van der Waals surface area (Å²) < 4.78 is 33.8. The SMILES string of the molecule is Cc1ccc(C(CCc2cccnc2)CC(=O)O)cc1CN1CCOc2ccccc2S1(=O)=O. The van der Waals surface area contributed by atoms with Crippen molar-refractivity contribution >= 4 is 16.0 Å². The number of fused-ring (bicyclic) bond motifs is 1. The summed E-state index contributed by atoms with van der Waals surface area (Å²) in [4.78, 5) is 15.9. The van der Waals surface area contributed by atoms with Crippen molar-refractivity contribution < 1.29 is 23.1 Å². The fourth-order valence-corrected chi connectivity index (χ4v) is 5.79. The van der Waals surface area contributed by atoms with Crippen molar-refractivity contribution in [2.24, 2.45) is 0 Å². The number of aliphatic carboxylic acids is 1. The summed E-state index contributed by atoms with van der Waals surface area (Å²) in [5, 5.41) is 9.51. The average molecular weight is 481 g/mol. The number of hydrogen-bond donors (Lipinski definition) is 1. The Labute approximate surface area is 200 Å². The van der Waals surface area contributed by atoms with Gasteiger partial charge in [-0.3, -0.25) is 9.78 Å². The molecule has 8 heteroatoms. The summed E-state index contributed by atoms with van der Waals surface area (Å²) in [6, 6.07) is 16.4. The van der Waals surface area contributed by atoms with Crippen LogP contribution in [0.5, 0.6) is 5.75 Å². The van der Waals surface area contributed by atoms with Gasteiger partial charge in [-0.2, -0.15) is 4.31 Å².